The predicted octanol–water partition coefficient (Wildman–Crippen LogP) is 7.28. The van der Waals surface area contributed by atoms with Gasteiger partial charge in [0, 0.05) is 61.0 Å². The van der Waals surface area contributed by atoms with Crippen LogP contribution in [0, 0.1) is 6.92 Å². The first-order valence-electron chi connectivity index (χ1n) is 14.8. The molecule has 3 aromatic rings. The molecule has 0 aromatic heterocycles. The lowest BCUT2D eigenvalue weighted by atomic mass is 9.88. The van der Waals surface area contributed by atoms with Crippen molar-refractivity contribution in [1.82, 2.24) is 9.80 Å². The molecule has 1 amide bonds. The third-order valence-corrected chi connectivity index (χ3v) is 9.42. The summed E-state index contributed by atoms with van der Waals surface area (Å²) in [5, 5.41) is 0.785. The van der Waals surface area contributed by atoms with Crippen molar-refractivity contribution >= 4 is 23.2 Å². The van der Waals surface area contributed by atoms with Crippen molar-refractivity contribution in [3.8, 4) is 0 Å². The number of aryl methyl sites for hydroxylation is 1. The Kier molecular flexibility index (Phi) is 7.95. The maximum absolute atomic E-state index is 13.3. The standard InChI is InChI=1S/C34H40ClN3O/c1-25-7-9-26(10-8-25)32(27-11-14-29(35)15-12-27)17-18-36-19-21-37(22-20-36)31-16-13-28-24-38(34(39)33(28)23-31)30-5-3-2-4-6-30/h7-16,23,30,32H,2-6,17-22,24H2,1H3. The molecule has 2 fully saturated rings. The van der Waals surface area contributed by atoms with Crippen LogP contribution < -0.4 is 4.90 Å². The van der Waals surface area contributed by atoms with E-state index in [0.29, 0.717) is 12.0 Å². The molecular weight excluding hydrogens is 502 g/mol. The van der Waals surface area contributed by atoms with Gasteiger partial charge in [-0.05, 0) is 73.7 Å². The number of benzene rings is 3. The fourth-order valence-electron chi connectivity index (χ4n) is 6.76. The van der Waals surface area contributed by atoms with Gasteiger partial charge in [-0.15, -0.1) is 0 Å². The van der Waals surface area contributed by atoms with Crippen LogP contribution in [0.25, 0.3) is 0 Å². The Morgan fingerprint density at radius 3 is 2.21 bits per heavy atom. The normalized spacial score (nSPS) is 19.4. The van der Waals surface area contributed by atoms with Crippen molar-refractivity contribution in [3.63, 3.8) is 0 Å². The van der Waals surface area contributed by atoms with E-state index in [1.165, 1.54) is 47.2 Å². The van der Waals surface area contributed by atoms with E-state index in [0.717, 1.165) is 69.1 Å². The first kappa shape index (κ1) is 26.4. The molecule has 4 nitrogen and oxygen atoms in total. The second-order valence-corrected chi connectivity index (χ2v) is 12.1. The van der Waals surface area contributed by atoms with Crippen LogP contribution in [0.1, 0.15) is 77.1 Å². The molecule has 1 atom stereocenters. The second-order valence-electron chi connectivity index (χ2n) is 11.7. The van der Waals surface area contributed by atoms with Gasteiger partial charge in [-0.2, -0.15) is 0 Å². The van der Waals surface area contributed by atoms with E-state index in [-0.39, 0.29) is 5.91 Å². The second kappa shape index (κ2) is 11.7. The van der Waals surface area contributed by atoms with Crippen molar-refractivity contribution < 1.29 is 4.79 Å². The van der Waals surface area contributed by atoms with Gasteiger partial charge in [0.25, 0.3) is 5.91 Å². The Morgan fingerprint density at radius 1 is 0.846 bits per heavy atom. The molecule has 6 rings (SSSR count). The molecule has 0 radical (unpaired) electrons. The van der Waals surface area contributed by atoms with Gasteiger partial charge in [-0.25, -0.2) is 0 Å². The molecule has 204 valence electrons. The number of carbonyl (C=O) groups excluding carboxylic acids is 1. The lowest BCUT2D eigenvalue weighted by molar-refractivity contribution is 0.0660. The van der Waals surface area contributed by atoms with Crippen molar-refractivity contribution in [2.45, 2.75) is 64.0 Å². The van der Waals surface area contributed by atoms with E-state index in [1.54, 1.807) is 0 Å². The van der Waals surface area contributed by atoms with Crippen LogP contribution in [-0.2, 0) is 6.54 Å². The van der Waals surface area contributed by atoms with Gasteiger partial charge >= 0.3 is 0 Å². The van der Waals surface area contributed by atoms with Crippen LogP contribution in [0.15, 0.2) is 66.7 Å². The average Bonchev–Trinajstić information content (AvgIpc) is 3.31. The summed E-state index contributed by atoms with van der Waals surface area (Å²) in [5.74, 6) is 0.609. The lowest BCUT2D eigenvalue weighted by Crippen LogP contribution is -2.46. The van der Waals surface area contributed by atoms with Gasteiger partial charge in [-0.1, -0.05) is 78.9 Å². The van der Waals surface area contributed by atoms with Crippen molar-refractivity contribution in [3.05, 3.63) is 99.6 Å². The number of carbonyl (C=O) groups is 1. The van der Waals surface area contributed by atoms with E-state index >= 15 is 0 Å². The highest BCUT2D eigenvalue weighted by molar-refractivity contribution is 6.30. The van der Waals surface area contributed by atoms with Crippen LogP contribution in [-0.4, -0.2) is 54.5 Å². The molecule has 39 heavy (non-hydrogen) atoms. The molecule has 1 aliphatic carbocycles. The molecule has 1 saturated carbocycles. The molecule has 0 spiro atoms. The topological polar surface area (TPSA) is 26.8 Å². The van der Waals surface area contributed by atoms with Crippen molar-refractivity contribution in [2.24, 2.45) is 0 Å². The lowest BCUT2D eigenvalue weighted by Gasteiger charge is -2.37. The van der Waals surface area contributed by atoms with Crippen molar-refractivity contribution in [1.29, 1.82) is 0 Å². The van der Waals surface area contributed by atoms with Crippen LogP contribution >= 0.6 is 11.6 Å². The van der Waals surface area contributed by atoms with Gasteiger partial charge in [0.2, 0.25) is 0 Å². The summed E-state index contributed by atoms with van der Waals surface area (Å²) in [6, 6.07) is 24.4. The number of hydrogen-bond acceptors (Lipinski definition) is 3. The van der Waals surface area contributed by atoms with Crippen LogP contribution in [0.3, 0.4) is 0 Å². The Labute approximate surface area is 238 Å². The Morgan fingerprint density at radius 2 is 1.51 bits per heavy atom. The summed E-state index contributed by atoms with van der Waals surface area (Å²) in [6.07, 6.45) is 7.23. The minimum atomic E-state index is 0.252. The molecule has 0 N–H and O–H groups in total. The zero-order chi connectivity index (χ0) is 26.8. The number of halogens is 1. The first-order valence-corrected chi connectivity index (χ1v) is 15.2. The zero-order valence-corrected chi connectivity index (χ0v) is 23.9. The summed E-state index contributed by atoms with van der Waals surface area (Å²) in [6.45, 7) is 8.08. The fourth-order valence-corrected chi connectivity index (χ4v) is 6.88. The zero-order valence-electron chi connectivity index (χ0n) is 23.1. The number of rotatable bonds is 7. The molecule has 2 aliphatic heterocycles. The number of amides is 1. The summed E-state index contributed by atoms with van der Waals surface area (Å²) in [4.78, 5) is 20.5. The highest BCUT2D eigenvalue weighted by Gasteiger charge is 2.34. The Balaban J connectivity index is 1.07. The maximum Gasteiger partial charge on any atom is 0.254 e. The largest absolute Gasteiger partial charge is 0.369 e. The SMILES string of the molecule is Cc1ccc(C(CCN2CCN(c3ccc4c(c3)C(=O)N(C3CCCCC3)C4)CC2)c2ccc(Cl)cc2)cc1. The number of nitrogens with zero attached hydrogens (tertiary/aromatic N) is 3. The minimum absolute atomic E-state index is 0.252. The molecule has 0 bridgehead atoms. The average molecular weight is 542 g/mol. The monoisotopic (exact) mass is 541 g/mol. The quantitative estimate of drug-likeness (QED) is 0.314. The highest BCUT2D eigenvalue weighted by Crippen LogP contribution is 2.34. The van der Waals surface area contributed by atoms with E-state index in [4.69, 9.17) is 11.6 Å². The molecule has 1 unspecified atom stereocenters. The Bertz CT molecular complexity index is 1230. The molecule has 3 aliphatic rings. The highest BCUT2D eigenvalue weighted by atomic mass is 35.5. The van der Waals surface area contributed by atoms with E-state index in [2.05, 4.69) is 76.2 Å². The van der Waals surface area contributed by atoms with Gasteiger partial charge in [0.15, 0.2) is 0 Å². The smallest absolute Gasteiger partial charge is 0.254 e. The van der Waals surface area contributed by atoms with Crippen LogP contribution in [0.2, 0.25) is 5.02 Å². The summed E-state index contributed by atoms with van der Waals surface area (Å²) >= 11 is 6.19. The Hall–Kier alpha value is -2.82. The summed E-state index contributed by atoms with van der Waals surface area (Å²) in [5.41, 5.74) is 7.32. The molecule has 1 saturated heterocycles. The summed E-state index contributed by atoms with van der Waals surface area (Å²) < 4.78 is 0. The molecule has 5 heteroatoms. The number of anilines is 1. The third-order valence-electron chi connectivity index (χ3n) is 9.16. The first-order chi connectivity index (χ1) is 19.0. The molecular formula is C34H40ClN3O. The van der Waals surface area contributed by atoms with Crippen molar-refractivity contribution in [2.75, 3.05) is 37.6 Å². The van der Waals surface area contributed by atoms with E-state index < -0.39 is 0 Å². The fraction of sp³-hybridized carbons (Fsp3) is 0.441. The van der Waals surface area contributed by atoms with Gasteiger partial charge in [0.1, 0.15) is 0 Å². The van der Waals surface area contributed by atoms with Crippen LogP contribution in [0.5, 0.6) is 0 Å². The third kappa shape index (κ3) is 5.88. The maximum atomic E-state index is 13.3. The summed E-state index contributed by atoms with van der Waals surface area (Å²) in [7, 11) is 0. The number of piperazine rings is 1. The van der Waals surface area contributed by atoms with Gasteiger partial charge < -0.3 is 9.80 Å². The van der Waals surface area contributed by atoms with Gasteiger partial charge in [-0.3, -0.25) is 9.69 Å². The molecule has 3 aromatic carbocycles. The van der Waals surface area contributed by atoms with Crippen LogP contribution in [0.4, 0.5) is 5.69 Å². The van der Waals surface area contributed by atoms with Gasteiger partial charge in [0.05, 0.1) is 0 Å². The predicted molar refractivity (Wildman–Crippen MR) is 161 cm³/mol. The minimum Gasteiger partial charge on any atom is -0.369 e. The van der Waals surface area contributed by atoms with E-state index in [9.17, 15) is 4.79 Å². The van der Waals surface area contributed by atoms with E-state index in [1.807, 2.05) is 12.1 Å². The molecule has 2 heterocycles. The number of hydrogen-bond donors (Lipinski definition) is 0. The number of fused-ring (bicyclic) bond motifs is 1.